The van der Waals surface area contributed by atoms with E-state index in [2.05, 4.69) is 5.32 Å². The molecule has 19 heavy (non-hydrogen) atoms. The number of sulfonamides is 1. The summed E-state index contributed by atoms with van der Waals surface area (Å²) in [6.07, 6.45) is 0.695. The summed E-state index contributed by atoms with van der Waals surface area (Å²) >= 11 is 0. The molecule has 1 rings (SSSR count). The SMILES string of the molecule is CCCNC(=O)CNS(=O)(=O)c1c(F)cccc1F. The maximum atomic E-state index is 13.3. The van der Waals surface area contributed by atoms with E-state index in [0.717, 1.165) is 18.2 Å². The molecule has 8 heteroatoms. The van der Waals surface area contributed by atoms with Crippen molar-refractivity contribution in [2.75, 3.05) is 13.1 Å². The summed E-state index contributed by atoms with van der Waals surface area (Å²) in [5, 5.41) is 2.43. The normalized spacial score (nSPS) is 11.3. The quantitative estimate of drug-likeness (QED) is 0.813. The second-order valence-electron chi connectivity index (χ2n) is 3.73. The number of amides is 1. The number of carbonyl (C=O) groups is 1. The third-order valence-corrected chi connectivity index (χ3v) is 3.63. The number of halogens is 2. The lowest BCUT2D eigenvalue weighted by Gasteiger charge is -2.08. The Hall–Kier alpha value is -1.54. The number of hydrogen-bond acceptors (Lipinski definition) is 3. The second kappa shape index (κ2) is 6.58. The first-order chi connectivity index (χ1) is 8.88. The van der Waals surface area contributed by atoms with Gasteiger partial charge < -0.3 is 5.32 Å². The molecule has 0 atom stereocenters. The molecule has 106 valence electrons. The van der Waals surface area contributed by atoms with Gasteiger partial charge in [-0.2, -0.15) is 0 Å². The first-order valence-corrected chi connectivity index (χ1v) is 7.07. The molecule has 1 aromatic rings. The van der Waals surface area contributed by atoms with Crippen LogP contribution in [0.5, 0.6) is 0 Å². The van der Waals surface area contributed by atoms with Crippen LogP contribution in [0.2, 0.25) is 0 Å². The zero-order valence-electron chi connectivity index (χ0n) is 10.2. The van der Waals surface area contributed by atoms with Crippen LogP contribution >= 0.6 is 0 Å². The smallest absolute Gasteiger partial charge is 0.246 e. The Bertz CT molecular complexity index is 541. The molecule has 1 amide bonds. The number of carbonyl (C=O) groups excluding carboxylic acids is 1. The minimum Gasteiger partial charge on any atom is -0.355 e. The Morgan fingerprint density at radius 1 is 1.26 bits per heavy atom. The lowest BCUT2D eigenvalue weighted by Crippen LogP contribution is -2.37. The van der Waals surface area contributed by atoms with Gasteiger partial charge in [-0.1, -0.05) is 13.0 Å². The van der Waals surface area contributed by atoms with Gasteiger partial charge in [-0.05, 0) is 18.6 Å². The molecule has 0 aliphatic heterocycles. The van der Waals surface area contributed by atoms with E-state index < -0.39 is 39.0 Å². The van der Waals surface area contributed by atoms with Crippen molar-refractivity contribution in [2.45, 2.75) is 18.2 Å². The molecule has 1 aromatic carbocycles. The number of rotatable bonds is 6. The van der Waals surface area contributed by atoms with E-state index in [4.69, 9.17) is 0 Å². The zero-order chi connectivity index (χ0) is 14.5. The summed E-state index contributed by atoms with van der Waals surface area (Å²) in [7, 11) is -4.40. The van der Waals surface area contributed by atoms with E-state index in [1.54, 1.807) is 0 Å². The van der Waals surface area contributed by atoms with E-state index in [1.807, 2.05) is 11.6 Å². The average Bonchev–Trinajstić information content (AvgIpc) is 2.33. The van der Waals surface area contributed by atoms with Gasteiger partial charge in [0.2, 0.25) is 15.9 Å². The van der Waals surface area contributed by atoms with Crippen LogP contribution in [0, 0.1) is 11.6 Å². The molecule has 5 nitrogen and oxygen atoms in total. The fourth-order valence-corrected chi connectivity index (χ4v) is 2.41. The number of nitrogens with one attached hydrogen (secondary N) is 2. The Labute approximate surface area is 110 Å². The van der Waals surface area contributed by atoms with E-state index in [0.29, 0.717) is 13.0 Å². The molecular formula is C11H14F2N2O3S. The van der Waals surface area contributed by atoms with Gasteiger partial charge >= 0.3 is 0 Å². The molecule has 0 aromatic heterocycles. The second-order valence-corrected chi connectivity index (χ2v) is 5.43. The summed E-state index contributed by atoms with van der Waals surface area (Å²) in [6, 6.07) is 2.71. The van der Waals surface area contributed by atoms with Gasteiger partial charge in [0.15, 0.2) is 4.90 Å². The Morgan fingerprint density at radius 2 is 1.84 bits per heavy atom. The van der Waals surface area contributed by atoms with Gasteiger partial charge in [0.05, 0.1) is 6.54 Å². The van der Waals surface area contributed by atoms with Gasteiger partial charge in [0.25, 0.3) is 0 Å². The molecular weight excluding hydrogens is 278 g/mol. The maximum absolute atomic E-state index is 13.3. The van der Waals surface area contributed by atoms with Crippen LogP contribution in [0.4, 0.5) is 8.78 Å². The summed E-state index contributed by atoms with van der Waals surface area (Å²) in [5.74, 6) is -2.98. The highest BCUT2D eigenvalue weighted by Gasteiger charge is 2.24. The lowest BCUT2D eigenvalue weighted by molar-refractivity contribution is -0.119. The van der Waals surface area contributed by atoms with Gasteiger partial charge in [-0.15, -0.1) is 0 Å². The maximum Gasteiger partial charge on any atom is 0.246 e. The monoisotopic (exact) mass is 292 g/mol. The van der Waals surface area contributed by atoms with Gasteiger partial charge in [0, 0.05) is 6.54 Å². The molecule has 0 heterocycles. The molecule has 0 aliphatic carbocycles. The van der Waals surface area contributed by atoms with E-state index >= 15 is 0 Å². The Kier molecular flexibility index (Phi) is 5.37. The van der Waals surface area contributed by atoms with Crippen LogP contribution in [0.15, 0.2) is 23.1 Å². The van der Waals surface area contributed by atoms with Crippen molar-refractivity contribution < 1.29 is 22.0 Å². The van der Waals surface area contributed by atoms with Gasteiger partial charge in [0.1, 0.15) is 11.6 Å². The first-order valence-electron chi connectivity index (χ1n) is 5.59. The molecule has 0 saturated carbocycles. The highest BCUT2D eigenvalue weighted by molar-refractivity contribution is 7.89. The van der Waals surface area contributed by atoms with Crippen molar-refractivity contribution in [3.05, 3.63) is 29.8 Å². The van der Waals surface area contributed by atoms with Crippen LogP contribution in [-0.2, 0) is 14.8 Å². The molecule has 0 unspecified atom stereocenters. The number of hydrogen-bond donors (Lipinski definition) is 2. The largest absolute Gasteiger partial charge is 0.355 e. The van der Waals surface area contributed by atoms with E-state index in [-0.39, 0.29) is 0 Å². The van der Waals surface area contributed by atoms with Gasteiger partial charge in [-0.3, -0.25) is 4.79 Å². The van der Waals surface area contributed by atoms with E-state index in [9.17, 15) is 22.0 Å². The van der Waals surface area contributed by atoms with Crippen molar-refractivity contribution >= 4 is 15.9 Å². The lowest BCUT2D eigenvalue weighted by atomic mass is 10.3. The molecule has 2 N–H and O–H groups in total. The summed E-state index contributed by atoms with van der Waals surface area (Å²) in [5.41, 5.74) is 0. The third kappa shape index (κ3) is 4.25. The fourth-order valence-electron chi connectivity index (χ4n) is 1.30. The molecule has 0 fully saturated rings. The minimum absolute atomic E-state index is 0.397. The Morgan fingerprint density at radius 3 is 2.37 bits per heavy atom. The molecule has 0 bridgehead atoms. The standard InChI is InChI=1S/C11H14F2N2O3S/c1-2-6-14-10(16)7-15-19(17,18)11-8(12)4-3-5-9(11)13/h3-5,15H,2,6-7H2,1H3,(H,14,16). The summed E-state index contributed by atoms with van der Waals surface area (Å²) in [4.78, 5) is 10.1. The summed E-state index contributed by atoms with van der Waals surface area (Å²) < 4.78 is 51.8. The van der Waals surface area contributed by atoms with Crippen molar-refractivity contribution in [2.24, 2.45) is 0 Å². The average molecular weight is 292 g/mol. The topological polar surface area (TPSA) is 75.3 Å². The van der Waals surface area contributed by atoms with Crippen LogP contribution in [-0.4, -0.2) is 27.4 Å². The van der Waals surface area contributed by atoms with Crippen molar-refractivity contribution in [1.82, 2.24) is 10.0 Å². The van der Waals surface area contributed by atoms with Crippen LogP contribution in [0.25, 0.3) is 0 Å². The highest BCUT2D eigenvalue weighted by atomic mass is 32.2. The highest BCUT2D eigenvalue weighted by Crippen LogP contribution is 2.17. The zero-order valence-corrected chi connectivity index (χ0v) is 11.1. The molecule has 0 spiro atoms. The first kappa shape index (κ1) is 15.5. The van der Waals surface area contributed by atoms with Crippen molar-refractivity contribution in [3.8, 4) is 0 Å². The summed E-state index contributed by atoms with van der Waals surface area (Å²) in [6.45, 7) is 1.66. The number of benzene rings is 1. The molecule has 0 radical (unpaired) electrons. The van der Waals surface area contributed by atoms with Crippen molar-refractivity contribution in [1.29, 1.82) is 0 Å². The predicted octanol–water partition coefficient (Wildman–Crippen LogP) is 0.769. The van der Waals surface area contributed by atoms with Crippen LogP contribution < -0.4 is 10.0 Å². The Balaban J connectivity index is 2.80. The third-order valence-electron chi connectivity index (χ3n) is 2.18. The molecule has 0 aliphatic rings. The molecule has 0 saturated heterocycles. The fraction of sp³-hybridized carbons (Fsp3) is 0.364. The van der Waals surface area contributed by atoms with E-state index in [1.165, 1.54) is 0 Å². The van der Waals surface area contributed by atoms with Crippen LogP contribution in [0.3, 0.4) is 0 Å². The minimum atomic E-state index is -4.40. The van der Waals surface area contributed by atoms with Crippen molar-refractivity contribution in [3.63, 3.8) is 0 Å². The van der Waals surface area contributed by atoms with Gasteiger partial charge in [-0.25, -0.2) is 21.9 Å². The predicted molar refractivity (Wildman–Crippen MR) is 64.8 cm³/mol. The van der Waals surface area contributed by atoms with Crippen LogP contribution in [0.1, 0.15) is 13.3 Å².